The maximum absolute atomic E-state index is 13.0. The van der Waals surface area contributed by atoms with Crippen LogP contribution in [0.2, 0.25) is 0 Å². The predicted molar refractivity (Wildman–Crippen MR) is 76.5 cm³/mol. The van der Waals surface area contributed by atoms with Crippen molar-refractivity contribution in [3.05, 3.63) is 42.0 Å². The molecule has 0 saturated heterocycles. The number of hydrogen-bond acceptors (Lipinski definition) is 5. The Hall–Kier alpha value is -2.97. The molecule has 2 N–H and O–H groups in total. The lowest BCUT2D eigenvalue weighted by molar-refractivity contribution is -0.122. The van der Waals surface area contributed by atoms with Crippen LogP contribution in [-0.2, 0) is 11.3 Å². The molecule has 122 valence electrons. The molecule has 0 fully saturated rings. The molecule has 2 aromatic rings. The first-order valence-electron chi connectivity index (χ1n) is 6.76. The number of halogens is 1. The van der Waals surface area contributed by atoms with Gasteiger partial charge in [0, 0.05) is 6.07 Å². The van der Waals surface area contributed by atoms with Crippen LogP contribution in [0.4, 0.5) is 4.39 Å². The summed E-state index contributed by atoms with van der Waals surface area (Å²) >= 11 is 0. The highest BCUT2D eigenvalue weighted by atomic mass is 19.1. The van der Waals surface area contributed by atoms with Crippen molar-refractivity contribution in [1.82, 2.24) is 20.3 Å². The highest BCUT2D eigenvalue weighted by Gasteiger charge is 2.12. The minimum atomic E-state index is -1.21. The van der Waals surface area contributed by atoms with E-state index in [0.717, 1.165) is 10.9 Å². The molecule has 1 aromatic carbocycles. The summed E-state index contributed by atoms with van der Waals surface area (Å²) in [5.74, 6) is -1.62. The van der Waals surface area contributed by atoms with Crippen LogP contribution in [0.25, 0.3) is 0 Å². The topological polar surface area (TPSA) is 106 Å². The molecule has 0 bridgehead atoms. The molecule has 9 heteroatoms. The van der Waals surface area contributed by atoms with E-state index in [1.54, 1.807) is 13.0 Å². The van der Waals surface area contributed by atoms with E-state index in [0.29, 0.717) is 5.75 Å². The molecule has 0 saturated carbocycles. The Balaban J connectivity index is 1.78. The van der Waals surface area contributed by atoms with Gasteiger partial charge in [-0.15, -0.1) is 5.10 Å². The van der Waals surface area contributed by atoms with Crippen molar-refractivity contribution in [3.8, 4) is 5.75 Å². The van der Waals surface area contributed by atoms with Gasteiger partial charge in [-0.05, 0) is 19.1 Å². The van der Waals surface area contributed by atoms with Gasteiger partial charge in [0.2, 0.25) is 5.91 Å². The SMILES string of the molecule is CC(CNC(=O)Cn1cc(C(=O)O)nn1)Oc1cccc(F)c1. The molecule has 1 amide bonds. The van der Waals surface area contributed by atoms with Crippen molar-refractivity contribution in [3.63, 3.8) is 0 Å². The lowest BCUT2D eigenvalue weighted by Crippen LogP contribution is -2.35. The van der Waals surface area contributed by atoms with Crippen molar-refractivity contribution in [2.45, 2.75) is 19.6 Å². The molecule has 1 heterocycles. The number of amides is 1. The molecule has 0 aliphatic heterocycles. The lowest BCUT2D eigenvalue weighted by atomic mass is 10.3. The van der Waals surface area contributed by atoms with Gasteiger partial charge in [0.1, 0.15) is 24.2 Å². The summed E-state index contributed by atoms with van der Waals surface area (Å²) in [6, 6.07) is 5.70. The molecule has 1 aromatic heterocycles. The third-order valence-electron chi connectivity index (χ3n) is 2.78. The maximum Gasteiger partial charge on any atom is 0.358 e. The van der Waals surface area contributed by atoms with Crippen LogP contribution in [-0.4, -0.2) is 44.6 Å². The minimum Gasteiger partial charge on any atom is -0.489 e. The van der Waals surface area contributed by atoms with Crippen molar-refractivity contribution < 1.29 is 23.8 Å². The zero-order chi connectivity index (χ0) is 16.8. The average Bonchev–Trinajstić information content (AvgIpc) is 2.94. The Morgan fingerprint density at radius 2 is 2.26 bits per heavy atom. The number of aromatic carboxylic acids is 1. The Bertz CT molecular complexity index is 704. The number of aromatic nitrogens is 3. The van der Waals surface area contributed by atoms with E-state index in [1.807, 2.05) is 0 Å². The number of carbonyl (C=O) groups excluding carboxylic acids is 1. The fourth-order valence-electron chi connectivity index (χ4n) is 1.75. The molecule has 23 heavy (non-hydrogen) atoms. The number of carboxylic acids is 1. The van der Waals surface area contributed by atoms with E-state index in [1.165, 1.54) is 18.2 Å². The van der Waals surface area contributed by atoms with Gasteiger partial charge in [0.05, 0.1) is 12.7 Å². The predicted octanol–water partition coefficient (Wildman–Crippen LogP) is 0.699. The fourth-order valence-corrected chi connectivity index (χ4v) is 1.75. The quantitative estimate of drug-likeness (QED) is 0.777. The number of rotatable bonds is 7. The van der Waals surface area contributed by atoms with E-state index in [4.69, 9.17) is 9.84 Å². The molecule has 8 nitrogen and oxygen atoms in total. The zero-order valence-corrected chi connectivity index (χ0v) is 12.3. The van der Waals surface area contributed by atoms with Gasteiger partial charge in [-0.1, -0.05) is 11.3 Å². The van der Waals surface area contributed by atoms with Gasteiger partial charge in [0.25, 0.3) is 0 Å². The smallest absolute Gasteiger partial charge is 0.358 e. The summed E-state index contributed by atoms with van der Waals surface area (Å²) in [7, 11) is 0. The molecule has 0 aliphatic carbocycles. The third-order valence-corrected chi connectivity index (χ3v) is 2.78. The zero-order valence-electron chi connectivity index (χ0n) is 12.3. The number of carboxylic acid groups (broad SMARTS) is 1. The van der Waals surface area contributed by atoms with Gasteiger partial charge in [-0.25, -0.2) is 13.9 Å². The van der Waals surface area contributed by atoms with Crippen LogP contribution >= 0.6 is 0 Å². The van der Waals surface area contributed by atoms with E-state index >= 15 is 0 Å². The van der Waals surface area contributed by atoms with Gasteiger partial charge >= 0.3 is 5.97 Å². The summed E-state index contributed by atoms with van der Waals surface area (Å²) in [5, 5.41) is 18.3. The van der Waals surface area contributed by atoms with Crippen molar-refractivity contribution in [1.29, 1.82) is 0 Å². The van der Waals surface area contributed by atoms with E-state index < -0.39 is 11.8 Å². The summed E-state index contributed by atoms with van der Waals surface area (Å²) < 4.78 is 19.6. The van der Waals surface area contributed by atoms with Crippen LogP contribution in [0.5, 0.6) is 5.75 Å². The highest BCUT2D eigenvalue weighted by Crippen LogP contribution is 2.13. The first kappa shape index (κ1) is 16.4. The first-order chi connectivity index (χ1) is 10.9. The second kappa shape index (κ2) is 7.34. The second-order valence-corrected chi connectivity index (χ2v) is 4.80. The fraction of sp³-hybridized carbons (Fsp3) is 0.286. The van der Waals surface area contributed by atoms with Gasteiger partial charge in [0.15, 0.2) is 5.69 Å². The molecule has 0 radical (unpaired) electrons. The Morgan fingerprint density at radius 1 is 1.48 bits per heavy atom. The van der Waals surface area contributed by atoms with Crippen LogP contribution in [0.3, 0.4) is 0 Å². The standard InChI is InChI=1S/C14H15FN4O4/c1-9(23-11-4-2-3-10(15)5-11)6-16-13(20)8-19-7-12(14(21)22)17-18-19/h2-5,7,9H,6,8H2,1H3,(H,16,20)(H,21,22). The minimum absolute atomic E-state index is 0.160. The number of ether oxygens (including phenoxy) is 1. The van der Waals surface area contributed by atoms with Gasteiger partial charge in [-0.3, -0.25) is 4.79 Å². The summed E-state index contributed by atoms with van der Waals surface area (Å²) in [6.45, 7) is 1.77. The molecule has 0 spiro atoms. The highest BCUT2D eigenvalue weighted by molar-refractivity contribution is 5.84. The lowest BCUT2D eigenvalue weighted by Gasteiger charge is -2.15. The van der Waals surface area contributed by atoms with Crippen LogP contribution in [0.1, 0.15) is 17.4 Å². The van der Waals surface area contributed by atoms with Crippen LogP contribution in [0.15, 0.2) is 30.5 Å². The molecule has 1 unspecified atom stereocenters. The molecule has 1 atom stereocenters. The van der Waals surface area contributed by atoms with E-state index in [-0.39, 0.29) is 30.8 Å². The number of nitrogens with zero attached hydrogens (tertiary/aromatic N) is 3. The Morgan fingerprint density at radius 3 is 2.91 bits per heavy atom. The summed E-state index contributed by atoms with van der Waals surface area (Å²) in [4.78, 5) is 22.4. The monoisotopic (exact) mass is 322 g/mol. The second-order valence-electron chi connectivity index (χ2n) is 4.80. The van der Waals surface area contributed by atoms with Crippen molar-refractivity contribution in [2.75, 3.05) is 6.54 Å². The first-order valence-corrected chi connectivity index (χ1v) is 6.76. The Kier molecular flexibility index (Phi) is 5.23. The molecule has 0 aliphatic rings. The summed E-state index contributed by atoms with van der Waals surface area (Å²) in [5.41, 5.74) is -0.236. The molecule has 2 rings (SSSR count). The normalized spacial score (nSPS) is 11.7. The summed E-state index contributed by atoms with van der Waals surface area (Å²) in [6.07, 6.45) is 0.792. The number of benzene rings is 1. The largest absolute Gasteiger partial charge is 0.489 e. The van der Waals surface area contributed by atoms with E-state index in [9.17, 15) is 14.0 Å². The van der Waals surface area contributed by atoms with Gasteiger partial charge in [-0.2, -0.15) is 0 Å². The average molecular weight is 322 g/mol. The van der Waals surface area contributed by atoms with Crippen LogP contribution < -0.4 is 10.1 Å². The molecular weight excluding hydrogens is 307 g/mol. The maximum atomic E-state index is 13.0. The van der Waals surface area contributed by atoms with Crippen LogP contribution in [0, 0.1) is 5.82 Å². The number of hydrogen-bond donors (Lipinski definition) is 2. The number of nitrogens with one attached hydrogen (secondary N) is 1. The van der Waals surface area contributed by atoms with Crippen molar-refractivity contribution in [2.24, 2.45) is 0 Å². The third kappa shape index (κ3) is 5.06. The van der Waals surface area contributed by atoms with E-state index in [2.05, 4.69) is 15.6 Å². The number of carbonyl (C=O) groups is 2. The molecular formula is C14H15FN4O4. The van der Waals surface area contributed by atoms with Crippen molar-refractivity contribution >= 4 is 11.9 Å². The van der Waals surface area contributed by atoms with Gasteiger partial charge < -0.3 is 15.2 Å². The Labute approximate surface area is 130 Å².